The maximum atomic E-state index is 11.6. The van der Waals surface area contributed by atoms with E-state index in [1.807, 2.05) is 13.0 Å². The van der Waals surface area contributed by atoms with E-state index in [1.54, 1.807) is 0 Å². The molecule has 98 valence electrons. The molecular formula is C14H28InNO. The molecule has 0 bridgehead atoms. The Bertz CT molecular complexity index is 247. The van der Waals surface area contributed by atoms with E-state index in [4.69, 9.17) is 0 Å². The molecule has 0 amide bonds. The van der Waals surface area contributed by atoms with Gasteiger partial charge >= 0.3 is 116 Å². The monoisotopic (exact) mass is 341 g/mol. The van der Waals surface area contributed by atoms with Gasteiger partial charge < -0.3 is 0 Å². The first-order valence-electron chi connectivity index (χ1n) is 7.14. The van der Waals surface area contributed by atoms with E-state index < -0.39 is 21.7 Å². The molecule has 0 aliphatic rings. The van der Waals surface area contributed by atoms with Crippen molar-refractivity contribution in [1.82, 2.24) is 2.89 Å². The molecule has 0 heterocycles. The van der Waals surface area contributed by atoms with Gasteiger partial charge in [-0.05, 0) is 0 Å². The van der Waals surface area contributed by atoms with Crippen LogP contribution in [-0.4, -0.2) is 36.9 Å². The van der Waals surface area contributed by atoms with Gasteiger partial charge in [-0.2, -0.15) is 0 Å². The van der Waals surface area contributed by atoms with Crippen LogP contribution in [0, 0.1) is 0 Å². The van der Waals surface area contributed by atoms with Gasteiger partial charge in [-0.3, -0.25) is 0 Å². The molecule has 0 saturated heterocycles. The Hall–Kier alpha value is 0.0801. The number of nitrogens with zero attached hydrogens (tertiary/aromatic N) is 1. The number of carbonyl (C=O) groups is 1. The number of rotatable bonds is 9. The Labute approximate surface area is 115 Å². The Kier molecular flexibility index (Phi) is 10.1. The first-order chi connectivity index (χ1) is 8.14. The van der Waals surface area contributed by atoms with Gasteiger partial charge in [0, 0.05) is 0 Å². The zero-order valence-electron chi connectivity index (χ0n) is 12.3. The number of ketones is 1. The summed E-state index contributed by atoms with van der Waals surface area (Å²) in [6.07, 6.45) is 4.72. The van der Waals surface area contributed by atoms with E-state index in [0.717, 1.165) is 13.0 Å². The van der Waals surface area contributed by atoms with Crippen molar-refractivity contribution in [2.75, 3.05) is 6.54 Å². The molecule has 0 aliphatic carbocycles. The van der Waals surface area contributed by atoms with Crippen LogP contribution in [0.5, 0.6) is 0 Å². The molecule has 0 N–H and O–H groups in total. The second-order valence-electron chi connectivity index (χ2n) is 4.47. The Morgan fingerprint density at radius 3 is 2.00 bits per heavy atom. The van der Waals surface area contributed by atoms with Crippen LogP contribution in [0.4, 0.5) is 0 Å². The van der Waals surface area contributed by atoms with Crippen LogP contribution in [0.2, 0.25) is 8.35 Å². The topological polar surface area (TPSA) is 20.3 Å². The summed E-state index contributed by atoms with van der Waals surface area (Å²) in [4.78, 5) is 11.6. The second kappa shape index (κ2) is 10.0. The molecule has 0 fully saturated rings. The third-order valence-corrected chi connectivity index (χ3v) is 12.8. The van der Waals surface area contributed by atoms with E-state index in [0.29, 0.717) is 6.42 Å². The minimum absolute atomic E-state index is 0.278. The van der Waals surface area contributed by atoms with Crippen LogP contribution in [0.1, 0.15) is 53.9 Å². The summed E-state index contributed by atoms with van der Waals surface area (Å²) in [5.41, 5.74) is 1.31. The molecule has 0 unspecified atom stereocenters. The summed E-state index contributed by atoms with van der Waals surface area (Å²) in [5.74, 6) is 0.278. The number of hydrogen-bond donors (Lipinski definition) is 0. The van der Waals surface area contributed by atoms with Crippen molar-refractivity contribution < 1.29 is 4.79 Å². The third-order valence-electron chi connectivity index (χ3n) is 3.25. The van der Waals surface area contributed by atoms with E-state index in [-0.39, 0.29) is 5.78 Å². The molecule has 0 aromatic carbocycles. The molecular weight excluding hydrogens is 313 g/mol. The summed E-state index contributed by atoms with van der Waals surface area (Å²) in [6.45, 7) is 12.1. The fourth-order valence-electron chi connectivity index (χ4n) is 2.21. The molecule has 0 atom stereocenters. The van der Waals surface area contributed by atoms with Crippen LogP contribution in [0.25, 0.3) is 0 Å². The number of allylic oxidation sites excluding steroid dienone is 2. The van der Waals surface area contributed by atoms with Gasteiger partial charge in [0.15, 0.2) is 0 Å². The van der Waals surface area contributed by atoms with Crippen LogP contribution >= 0.6 is 0 Å². The fourth-order valence-corrected chi connectivity index (χ4v) is 10.2. The predicted molar refractivity (Wildman–Crippen MR) is 77.4 cm³/mol. The first-order valence-corrected chi connectivity index (χ1v) is 13.3. The first kappa shape index (κ1) is 17.1. The van der Waals surface area contributed by atoms with Crippen LogP contribution in [0.3, 0.4) is 0 Å². The fraction of sp³-hybridized carbons (Fsp3) is 0.786. The molecule has 17 heavy (non-hydrogen) atoms. The molecule has 0 saturated carbocycles. The Morgan fingerprint density at radius 2 is 1.65 bits per heavy atom. The zero-order chi connectivity index (χ0) is 13.3. The third kappa shape index (κ3) is 5.98. The molecule has 0 aliphatic heterocycles. The van der Waals surface area contributed by atoms with Gasteiger partial charge in [-0.1, -0.05) is 0 Å². The van der Waals surface area contributed by atoms with Gasteiger partial charge in [0.1, 0.15) is 0 Å². The summed E-state index contributed by atoms with van der Waals surface area (Å²) in [5, 5.41) is 0. The van der Waals surface area contributed by atoms with Crippen molar-refractivity contribution in [3.8, 4) is 0 Å². The molecule has 2 nitrogen and oxygen atoms in total. The number of carbonyl (C=O) groups excluding carboxylic acids is 1. The predicted octanol–water partition coefficient (Wildman–Crippen LogP) is 4.00. The minimum atomic E-state index is -1.59. The average Bonchev–Trinajstić information content (AvgIpc) is 2.36. The Balaban J connectivity index is 4.97. The van der Waals surface area contributed by atoms with Crippen molar-refractivity contribution in [3.05, 3.63) is 11.8 Å². The molecule has 0 spiro atoms. The van der Waals surface area contributed by atoms with Crippen molar-refractivity contribution in [1.29, 1.82) is 0 Å². The van der Waals surface area contributed by atoms with Crippen LogP contribution in [0.15, 0.2) is 11.8 Å². The van der Waals surface area contributed by atoms with Crippen LogP contribution in [-0.2, 0) is 4.79 Å². The molecule has 0 aromatic rings. The Morgan fingerprint density at radius 1 is 1.06 bits per heavy atom. The van der Waals surface area contributed by atoms with E-state index in [9.17, 15) is 4.79 Å². The van der Waals surface area contributed by atoms with E-state index >= 15 is 0 Å². The number of hydrogen-bond acceptors (Lipinski definition) is 2. The van der Waals surface area contributed by atoms with E-state index in [2.05, 4.69) is 30.6 Å². The molecule has 0 aromatic heterocycles. The molecule has 0 rings (SSSR count). The average molecular weight is 341 g/mol. The second-order valence-corrected chi connectivity index (χ2v) is 14.6. The van der Waals surface area contributed by atoms with Crippen molar-refractivity contribution in [3.63, 3.8) is 0 Å². The molecule has 0 radical (unpaired) electrons. The van der Waals surface area contributed by atoms with Gasteiger partial charge in [0.25, 0.3) is 0 Å². The summed E-state index contributed by atoms with van der Waals surface area (Å²) in [6, 6.07) is 0. The van der Waals surface area contributed by atoms with Gasteiger partial charge in [0.2, 0.25) is 0 Å². The van der Waals surface area contributed by atoms with Crippen molar-refractivity contribution in [2.45, 2.75) is 62.2 Å². The summed E-state index contributed by atoms with van der Waals surface area (Å²) < 4.78 is 5.36. The van der Waals surface area contributed by atoms with Gasteiger partial charge in [-0.25, -0.2) is 0 Å². The van der Waals surface area contributed by atoms with Crippen LogP contribution < -0.4 is 0 Å². The normalized spacial score (nSPS) is 11.5. The van der Waals surface area contributed by atoms with Crippen molar-refractivity contribution >= 4 is 27.5 Å². The van der Waals surface area contributed by atoms with Gasteiger partial charge in [-0.15, -0.1) is 0 Å². The summed E-state index contributed by atoms with van der Waals surface area (Å²) in [7, 11) is 0. The zero-order valence-corrected chi connectivity index (χ0v) is 15.5. The van der Waals surface area contributed by atoms with Gasteiger partial charge in [0.05, 0.1) is 0 Å². The van der Waals surface area contributed by atoms with E-state index in [1.165, 1.54) is 20.5 Å². The van der Waals surface area contributed by atoms with Crippen molar-refractivity contribution in [2.24, 2.45) is 0 Å². The standard InChI is InChI=1S/C10H19NO.2C2H5.In/c1-4-7-11-9(5-2)8-10(12)6-3;2*1-2;/h8H,4-7H2,1-3H3,(H,11,12);2*1H2,2H3;/q;;;+1/p-1. The maximum absolute atomic E-state index is 11.6. The quantitative estimate of drug-likeness (QED) is 0.591. The summed E-state index contributed by atoms with van der Waals surface area (Å²) >= 11 is -1.59. The molecule has 3 heteroatoms. The SMILES string of the molecule is CCC[N](/C(=C\C(=O)CC)CC)[In]([CH2]C)[CH2]C.